The van der Waals surface area contributed by atoms with Crippen LogP contribution in [-0.4, -0.2) is 66.0 Å². The van der Waals surface area contributed by atoms with Crippen LogP contribution in [0.4, 0.5) is 0 Å². The van der Waals surface area contributed by atoms with E-state index in [4.69, 9.17) is 10.5 Å². The Labute approximate surface area is 204 Å². The smallest absolute Gasteiger partial charge is 0.264 e. The normalized spacial score (nSPS) is 22.8. The van der Waals surface area contributed by atoms with Gasteiger partial charge in [-0.1, -0.05) is 12.1 Å². The molecule has 0 radical (unpaired) electrons. The predicted molar refractivity (Wildman–Crippen MR) is 131 cm³/mol. The highest BCUT2D eigenvalue weighted by Gasteiger charge is 2.41. The largest absolute Gasteiger partial charge is 0.497 e. The molecule has 8 nitrogen and oxygen atoms in total. The van der Waals surface area contributed by atoms with Gasteiger partial charge in [-0.05, 0) is 61.7 Å². The zero-order chi connectivity index (χ0) is 24.1. The highest BCUT2D eigenvalue weighted by atomic mass is 32.1. The van der Waals surface area contributed by atoms with E-state index < -0.39 is 6.17 Å². The zero-order valence-corrected chi connectivity index (χ0v) is 20.3. The molecule has 1 saturated heterocycles. The molecule has 4 rings (SSSR count). The summed E-state index contributed by atoms with van der Waals surface area (Å²) in [4.78, 5) is 44.4. The fourth-order valence-electron chi connectivity index (χ4n) is 4.71. The molecule has 2 heterocycles. The van der Waals surface area contributed by atoms with Gasteiger partial charge in [-0.25, -0.2) is 0 Å². The molecule has 1 unspecified atom stereocenters. The summed E-state index contributed by atoms with van der Waals surface area (Å²) in [5.74, 6) is -0.196. The first-order valence-corrected chi connectivity index (χ1v) is 12.7. The van der Waals surface area contributed by atoms with Gasteiger partial charge in [-0.2, -0.15) is 0 Å². The number of carbonyl (C=O) groups excluding carboxylic acids is 3. The van der Waals surface area contributed by atoms with Crippen LogP contribution in [0.5, 0.6) is 5.75 Å². The topological polar surface area (TPSA) is 105 Å². The molecule has 0 spiro atoms. The number of amides is 3. The van der Waals surface area contributed by atoms with Crippen molar-refractivity contribution in [3.8, 4) is 5.75 Å². The molecule has 3 N–H and O–H groups in total. The third-order valence-corrected chi connectivity index (χ3v) is 7.42. The van der Waals surface area contributed by atoms with Crippen molar-refractivity contribution < 1.29 is 19.1 Å². The molecule has 1 aliphatic carbocycles. The van der Waals surface area contributed by atoms with Crippen LogP contribution in [0.1, 0.15) is 47.3 Å². The lowest BCUT2D eigenvalue weighted by atomic mass is 9.91. The van der Waals surface area contributed by atoms with Crippen molar-refractivity contribution in [2.45, 2.75) is 56.8 Å². The predicted octanol–water partition coefficient (Wildman–Crippen LogP) is 2.39. The Balaban J connectivity index is 1.59. The number of nitrogens with two attached hydrogens (primary N) is 1. The second-order valence-corrected chi connectivity index (χ2v) is 9.95. The molecule has 9 heteroatoms. The van der Waals surface area contributed by atoms with E-state index in [1.807, 2.05) is 17.5 Å². The van der Waals surface area contributed by atoms with Crippen LogP contribution in [0.3, 0.4) is 0 Å². The van der Waals surface area contributed by atoms with Crippen LogP contribution in [0, 0.1) is 0 Å². The van der Waals surface area contributed by atoms with Crippen LogP contribution in [0.25, 0.3) is 0 Å². The minimum atomic E-state index is -0.990. The summed E-state index contributed by atoms with van der Waals surface area (Å²) in [7, 11) is 1.54. The van der Waals surface area contributed by atoms with Crippen molar-refractivity contribution in [1.82, 2.24) is 15.1 Å². The zero-order valence-electron chi connectivity index (χ0n) is 19.4. The Morgan fingerprint density at radius 1 is 1.09 bits per heavy atom. The van der Waals surface area contributed by atoms with Crippen LogP contribution >= 0.6 is 11.3 Å². The minimum absolute atomic E-state index is 0.00255. The van der Waals surface area contributed by atoms with E-state index in [1.54, 1.807) is 36.3 Å². The number of rotatable bonds is 6. The molecule has 34 heavy (non-hydrogen) atoms. The number of benzene rings is 1. The molecule has 182 valence electrons. The first-order chi connectivity index (χ1) is 16.5. The lowest BCUT2D eigenvalue weighted by molar-refractivity contribution is -0.149. The third kappa shape index (κ3) is 5.59. The Hall–Kier alpha value is -2.91. The molecule has 1 saturated carbocycles. The number of hydrogen-bond acceptors (Lipinski definition) is 6. The molecule has 1 aliphatic heterocycles. The fourth-order valence-corrected chi connectivity index (χ4v) is 5.40. The van der Waals surface area contributed by atoms with Crippen molar-refractivity contribution >= 4 is 29.1 Å². The van der Waals surface area contributed by atoms with Crippen molar-refractivity contribution in [2.75, 3.05) is 20.2 Å². The summed E-state index contributed by atoms with van der Waals surface area (Å²) in [5, 5.41) is 5.03. The summed E-state index contributed by atoms with van der Waals surface area (Å²) in [6, 6.07) is 10.8. The molecule has 3 amide bonds. The number of nitrogens with one attached hydrogen (secondary N) is 1. The molecule has 1 atom stereocenters. The van der Waals surface area contributed by atoms with Gasteiger partial charge in [0.2, 0.25) is 5.91 Å². The highest BCUT2D eigenvalue weighted by molar-refractivity contribution is 7.10. The van der Waals surface area contributed by atoms with E-state index >= 15 is 0 Å². The first kappa shape index (κ1) is 24.2. The number of thiophene rings is 1. The second kappa shape index (κ2) is 11.0. The average molecular weight is 485 g/mol. The third-order valence-electron chi connectivity index (χ3n) is 6.54. The standard InChI is InChI=1S/C25H32N4O4S/c1-33-20-6-2-5-17(15-20)25(32)29-13-4-12-28(22(30)16-21-7-3-14-34-21)24(29)23(31)27-19-10-8-18(26)9-11-19/h2-3,5-7,14-15,18-19,24H,4,8-13,16,26H2,1H3,(H,27,31). The summed E-state index contributed by atoms with van der Waals surface area (Å²) < 4.78 is 5.27. The van der Waals surface area contributed by atoms with Crippen molar-refractivity contribution in [1.29, 1.82) is 0 Å². The molecular formula is C25H32N4O4S. The summed E-state index contributed by atoms with van der Waals surface area (Å²) >= 11 is 1.51. The highest BCUT2D eigenvalue weighted by Crippen LogP contribution is 2.24. The molecule has 1 aromatic carbocycles. The number of ether oxygens (including phenoxy) is 1. The second-order valence-electron chi connectivity index (χ2n) is 8.92. The van der Waals surface area contributed by atoms with Crippen molar-refractivity contribution in [2.24, 2.45) is 5.73 Å². The van der Waals surface area contributed by atoms with Crippen LogP contribution in [0.15, 0.2) is 41.8 Å². The van der Waals surface area contributed by atoms with E-state index in [2.05, 4.69) is 5.32 Å². The minimum Gasteiger partial charge on any atom is -0.497 e. The maximum atomic E-state index is 13.6. The monoisotopic (exact) mass is 484 g/mol. The first-order valence-electron chi connectivity index (χ1n) is 11.8. The lowest BCUT2D eigenvalue weighted by Gasteiger charge is -2.43. The van der Waals surface area contributed by atoms with Crippen molar-refractivity contribution in [3.05, 3.63) is 52.2 Å². The van der Waals surface area contributed by atoms with Gasteiger partial charge in [-0.3, -0.25) is 14.4 Å². The van der Waals surface area contributed by atoms with Gasteiger partial charge in [0.25, 0.3) is 11.8 Å². The number of methoxy groups -OCH3 is 1. The Kier molecular flexibility index (Phi) is 7.84. The average Bonchev–Trinajstić information content (AvgIpc) is 3.37. The summed E-state index contributed by atoms with van der Waals surface area (Å²) in [6.45, 7) is 0.826. The summed E-state index contributed by atoms with van der Waals surface area (Å²) in [5.41, 5.74) is 6.44. The van der Waals surface area contributed by atoms with E-state index in [1.165, 1.54) is 16.2 Å². The fraction of sp³-hybridized carbons (Fsp3) is 0.480. The summed E-state index contributed by atoms with van der Waals surface area (Å²) in [6.07, 6.45) is 3.12. The molecule has 2 fully saturated rings. The molecule has 1 aromatic heterocycles. The quantitative estimate of drug-likeness (QED) is 0.655. The van der Waals surface area contributed by atoms with Gasteiger partial charge in [0.15, 0.2) is 6.17 Å². The molecule has 0 bridgehead atoms. The molecular weight excluding hydrogens is 452 g/mol. The van der Waals surface area contributed by atoms with E-state index in [0.29, 0.717) is 30.8 Å². The Morgan fingerprint density at radius 3 is 2.56 bits per heavy atom. The van der Waals surface area contributed by atoms with Gasteiger partial charge in [-0.15, -0.1) is 11.3 Å². The van der Waals surface area contributed by atoms with Gasteiger partial charge >= 0.3 is 0 Å². The Bertz CT molecular complexity index is 1000. The van der Waals surface area contributed by atoms with Crippen LogP contribution in [0.2, 0.25) is 0 Å². The van der Waals surface area contributed by atoms with Crippen molar-refractivity contribution in [3.63, 3.8) is 0 Å². The van der Waals surface area contributed by atoms with Gasteiger partial charge < -0.3 is 25.6 Å². The van der Waals surface area contributed by atoms with Crippen LogP contribution in [-0.2, 0) is 16.0 Å². The number of hydrogen-bond donors (Lipinski definition) is 2. The molecule has 2 aliphatic rings. The number of carbonyl (C=O) groups is 3. The van der Waals surface area contributed by atoms with Gasteiger partial charge in [0.1, 0.15) is 5.75 Å². The number of nitrogens with zero attached hydrogens (tertiary/aromatic N) is 2. The maximum absolute atomic E-state index is 13.6. The van der Waals surface area contributed by atoms with E-state index in [0.717, 1.165) is 30.6 Å². The van der Waals surface area contributed by atoms with Crippen LogP contribution < -0.4 is 15.8 Å². The van der Waals surface area contributed by atoms with Gasteiger partial charge in [0.05, 0.1) is 13.5 Å². The maximum Gasteiger partial charge on any atom is 0.264 e. The van der Waals surface area contributed by atoms with E-state index in [9.17, 15) is 14.4 Å². The van der Waals surface area contributed by atoms with E-state index in [-0.39, 0.29) is 36.2 Å². The SMILES string of the molecule is COc1cccc(C(=O)N2CCCN(C(=O)Cc3cccs3)C2C(=O)NC2CCC(N)CC2)c1. The Morgan fingerprint density at radius 2 is 1.85 bits per heavy atom. The molecule has 2 aromatic rings. The van der Waals surface area contributed by atoms with Gasteiger partial charge in [0, 0.05) is 35.6 Å². The lowest BCUT2D eigenvalue weighted by Crippen LogP contribution is -2.64.